The van der Waals surface area contributed by atoms with Crippen LogP contribution in [0.4, 0.5) is 0 Å². The van der Waals surface area contributed by atoms with Gasteiger partial charge in [0, 0.05) is 12.7 Å². The number of rotatable bonds is 6. The van der Waals surface area contributed by atoms with Crippen molar-refractivity contribution in [3.8, 4) is 0 Å². The summed E-state index contributed by atoms with van der Waals surface area (Å²) in [6, 6.07) is 0. The highest BCUT2D eigenvalue weighted by Gasteiger charge is 2.24. The lowest BCUT2D eigenvalue weighted by molar-refractivity contribution is -0.166. The lowest BCUT2D eigenvalue weighted by Gasteiger charge is -2.16. The van der Waals surface area contributed by atoms with Gasteiger partial charge in [0.2, 0.25) is 12.0 Å². The quantitative estimate of drug-likeness (QED) is 0.443. The Kier molecular flexibility index (Phi) is 6.55. The van der Waals surface area contributed by atoms with E-state index in [-0.39, 0.29) is 18.2 Å². The van der Waals surface area contributed by atoms with Gasteiger partial charge < -0.3 is 15.2 Å². The number of carboxylic acids is 1. The fraction of sp³-hybridized carbons (Fsp3) is 0.667. The molecule has 0 aliphatic rings. The number of amides is 1. The Labute approximate surface area is 98.8 Å². The average molecular weight is 249 g/mol. The number of hydrogen-bond donors (Lipinski definition) is 3. The summed E-state index contributed by atoms with van der Waals surface area (Å²) >= 11 is 3.90. The molecule has 0 aromatic carbocycles. The minimum absolute atomic E-state index is 0.240. The van der Waals surface area contributed by atoms with Crippen molar-refractivity contribution in [3.63, 3.8) is 0 Å². The molecule has 2 atom stereocenters. The number of carbonyl (C=O) groups is 3. The first-order chi connectivity index (χ1) is 7.38. The Morgan fingerprint density at radius 2 is 2.00 bits per heavy atom. The van der Waals surface area contributed by atoms with E-state index in [0.717, 1.165) is 0 Å². The van der Waals surface area contributed by atoms with Gasteiger partial charge in [0.25, 0.3) is 0 Å². The molecule has 0 fully saturated rings. The van der Waals surface area contributed by atoms with E-state index in [2.05, 4.69) is 17.9 Å². The molecule has 92 valence electrons. The molecule has 0 saturated heterocycles. The molecule has 1 amide bonds. The van der Waals surface area contributed by atoms with Gasteiger partial charge in [-0.3, -0.25) is 9.59 Å². The molecule has 0 aromatic heterocycles. The molecule has 0 aromatic rings. The molecular formula is C9H15NO5S. The second-order valence-electron chi connectivity index (χ2n) is 3.28. The molecule has 0 saturated carbocycles. The largest absolute Gasteiger partial charge is 0.478 e. The minimum Gasteiger partial charge on any atom is -0.478 e. The first kappa shape index (κ1) is 14.8. The topological polar surface area (TPSA) is 92.7 Å². The van der Waals surface area contributed by atoms with Gasteiger partial charge in [0.15, 0.2) is 0 Å². The van der Waals surface area contributed by atoms with Gasteiger partial charge in [-0.2, -0.15) is 12.6 Å². The van der Waals surface area contributed by atoms with E-state index in [0.29, 0.717) is 0 Å². The normalized spacial score (nSPS) is 13.7. The third-order valence-corrected chi connectivity index (χ3v) is 2.29. The molecule has 2 N–H and O–H groups in total. The Morgan fingerprint density at radius 3 is 2.38 bits per heavy atom. The van der Waals surface area contributed by atoms with Gasteiger partial charge in [0.05, 0.1) is 12.5 Å². The third kappa shape index (κ3) is 5.59. The predicted molar refractivity (Wildman–Crippen MR) is 59.2 cm³/mol. The lowest BCUT2D eigenvalue weighted by Crippen LogP contribution is -2.40. The zero-order valence-electron chi connectivity index (χ0n) is 9.10. The van der Waals surface area contributed by atoms with Crippen molar-refractivity contribution in [2.24, 2.45) is 5.92 Å². The van der Waals surface area contributed by atoms with Crippen LogP contribution in [0, 0.1) is 5.92 Å². The summed E-state index contributed by atoms with van der Waals surface area (Å²) in [6.45, 7) is 2.58. The zero-order valence-corrected chi connectivity index (χ0v) is 9.99. The molecule has 6 nitrogen and oxygen atoms in total. The number of esters is 1. The zero-order chi connectivity index (χ0) is 12.7. The number of carboxylic acid groups (broad SMARTS) is 1. The average Bonchev–Trinajstić information content (AvgIpc) is 2.21. The van der Waals surface area contributed by atoms with E-state index in [1.54, 1.807) is 6.92 Å². The Morgan fingerprint density at radius 1 is 1.44 bits per heavy atom. The van der Waals surface area contributed by atoms with Crippen LogP contribution in [-0.4, -0.2) is 41.4 Å². The van der Waals surface area contributed by atoms with Crippen LogP contribution in [0.25, 0.3) is 0 Å². The number of nitrogens with one attached hydrogen (secondary N) is 1. The fourth-order valence-electron chi connectivity index (χ4n) is 0.747. The molecule has 0 spiro atoms. The molecule has 0 heterocycles. The van der Waals surface area contributed by atoms with Gasteiger partial charge in [-0.25, -0.2) is 4.79 Å². The van der Waals surface area contributed by atoms with Gasteiger partial charge in [0.1, 0.15) is 0 Å². The molecule has 0 radical (unpaired) electrons. The van der Waals surface area contributed by atoms with Crippen molar-refractivity contribution >= 4 is 30.5 Å². The lowest BCUT2D eigenvalue weighted by atomic mass is 10.2. The maximum absolute atomic E-state index is 11.3. The van der Waals surface area contributed by atoms with E-state index in [1.807, 2.05) is 0 Å². The Balaban J connectivity index is 4.28. The van der Waals surface area contributed by atoms with Crippen molar-refractivity contribution in [1.82, 2.24) is 5.32 Å². The third-order valence-electron chi connectivity index (χ3n) is 1.75. The van der Waals surface area contributed by atoms with Crippen LogP contribution in [0.1, 0.15) is 13.8 Å². The summed E-state index contributed by atoms with van der Waals surface area (Å²) in [5.74, 6) is -2.54. The first-order valence-corrected chi connectivity index (χ1v) is 5.30. The standard InChI is InChI=1S/C9H15NO5S/c1-5(4-16)9(14)15-7(8(12)13)3-10-6(2)11/h5,7,16H,3-4H2,1-2H3,(H,10,11)(H,12,13)/t5-,7?/m1/s1. The predicted octanol–water partition coefficient (Wildman–Crippen LogP) is -0.315. The van der Waals surface area contributed by atoms with Gasteiger partial charge in [-0.1, -0.05) is 6.92 Å². The van der Waals surface area contributed by atoms with E-state index >= 15 is 0 Å². The van der Waals surface area contributed by atoms with E-state index in [9.17, 15) is 14.4 Å². The van der Waals surface area contributed by atoms with Crippen LogP contribution in [0.15, 0.2) is 0 Å². The highest BCUT2D eigenvalue weighted by molar-refractivity contribution is 7.80. The molecule has 0 bridgehead atoms. The maximum atomic E-state index is 11.3. The van der Waals surface area contributed by atoms with Crippen molar-refractivity contribution < 1.29 is 24.2 Å². The number of ether oxygens (including phenoxy) is 1. The first-order valence-electron chi connectivity index (χ1n) is 4.67. The molecule has 0 rings (SSSR count). The van der Waals surface area contributed by atoms with Crippen molar-refractivity contribution in [2.45, 2.75) is 20.0 Å². The summed E-state index contributed by atoms with van der Waals surface area (Å²) in [5, 5.41) is 11.0. The SMILES string of the molecule is CC(=O)NCC(OC(=O)[C@H](C)CS)C(=O)O. The molecule has 1 unspecified atom stereocenters. The van der Waals surface area contributed by atoms with Crippen LogP contribution < -0.4 is 5.32 Å². The summed E-state index contributed by atoms with van der Waals surface area (Å²) < 4.78 is 4.71. The van der Waals surface area contributed by atoms with Crippen LogP contribution in [0.5, 0.6) is 0 Å². The molecule has 7 heteroatoms. The number of thiol groups is 1. The molecular weight excluding hydrogens is 234 g/mol. The smallest absolute Gasteiger partial charge is 0.346 e. The Bertz CT molecular complexity index is 281. The summed E-state index contributed by atoms with van der Waals surface area (Å²) in [6.07, 6.45) is -1.36. The fourth-order valence-corrected chi connectivity index (χ4v) is 0.896. The number of carbonyl (C=O) groups excluding carboxylic acids is 2. The number of aliphatic carboxylic acids is 1. The monoisotopic (exact) mass is 249 g/mol. The highest BCUT2D eigenvalue weighted by Crippen LogP contribution is 2.03. The van der Waals surface area contributed by atoms with Crippen LogP contribution in [0.3, 0.4) is 0 Å². The van der Waals surface area contributed by atoms with Crippen molar-refractivity contribution in [3.05, 3.63) is 0 Å². The van der Waals surface area contributed by atoms with E-state index in [1.165, 1.54) is 6.92 Å². The van der Waals surface area contributed by atoms with E-state index < -0.39 is 24.0 Å². The summed E-state index contributed by atoms with van der Waals surface area (Å²) in [4.78, 5) is 32.6. The Hall–Kier alpha value is -1.24. The van der Waals surface area contributed by atoms with Gasteiger partial charge in [-0.05, 0) is 0 Å². The van der Waals surface area contributed by atoms with Crippen LogP contribution in [-0.2, 0) is 19.1 Å². The van der Waals surface area contributed by atoms with Crippen LogP contribution >= 0.6 is 12.6 Å². The molecule has 16 heavy (non-hydrogen) atoms. The van der Waals surface area contributed by atoms with Crippen molar-refractivity contribution in [2.75, 3.05) is 12.3 Å². The maximum Gasteiger partial charge on any atom is 0.346 e. The second kappa shape index (κ2) is 7.10. The second-order valence-corrected chi connectivity index (χ2v) is 3.65. The van der Waals surface area contributed by atoms with Gasteiger partial charge >= 0.3 is 11.9 Å². The number of hydrogen-bond acceptors (Lipinski definition) is 5. The van der Waals surface area contributed by atoms with Crippen molar-refractivity contribution in [1.29, 1.82) is 0 Å². The molecule has 0 aliphatic heterocycles. The summed E-state index contributed by atoms with van der Waals surface area (Å²) in [7, 11) is 0. The molecule has 0 aliphatic carbocycles. The van der Waals surface area contributed by atoms with Gasteiger partial charge in [-0.15, -0.1) is 0 Å². The minimum atomic E-state index is -1.36. The summed E-state index contributed by atoms with van der Waals surface area (Å²) in [5.41, 5.74) is 0. The van der Waals surface area contributed by atoms with Crippen LogP contribution in [0.2, 0.25) is 0 Å². The highest BCUT2D eigenvalue weighted by atomic mass is 32.1. The van der Waals surface area contributed by atoms with E-state index in [4.69, 9.17) is 9.84 Å².